The first-order chi connectivity index (χ1) is 8.42. The average molecular weight is 260 g/mol. The Bertz CT molecular complexity index is 446. The number of aliphatic hydroxyl groups excluding tert-OH is 1. The van der Waals surface area contributed by atoms with Crippen molar-refractivity contribution in [3.05, 3.63) is 29.1 Å². The second-order valence-electron chi connectivity index (χ2n) is 3.67. The molecule has 2 unspecified atom stereocenters. The van der Waals surface area contributed by atoms with Crippen molar-refractivity contribution in [1.29, 1.82) is 0 Å². The predicted octanol–water partition coefficient (Wildman–Crippen LogP) is 2.07. The largest absolute Gasteiger partial charge is 0.493 e. The minimum atomic E-state index is -1.72. The summed E-state index contributed by atoms with van der Waals surface area (Å²) in [6.07, 6.45) is -3.16. The third kappa shape index (κ3) is 2.76. The molecule has 0 heterocycles. The van der Waals surface area contributed by atoms with Gasteiger partial charge in [0.2, 0.25) is 0 Å². The molecular formula is C12H14F2O4. The highest BCUT2D eigenvalue weighted by molar-refractivity contribution is 5.77. The molecule has 0 aliphatic rings. The number of alkyl halides is 1. The third-order valence-corrected chi connectivity index (χ3v) is 2.48. The number of aliphatic hydroxyl groups is 1. The fourth-order valence-corrected chi connectivity index (χ4v) is 1.52. The van der Waals surface area contributed by atoms with Gasteiger partial charge in [-0.1, -0.05) is 0 Å². The quantitative estimate of drug-likeness (QED) is 0.842. The van der Waals surface area contributed by atoms with Gasteiger partial charge in [-0.05, 0) is 24.6 Å². The number of carbonyl (C=O) groups is 1. The van der Waals surface area contributed by atoms with Crippen molar-refractivity contribution in [3.63, 3.8) is 0 Å². The molecule has 1 aromatic carbocycles. The Kier molecular flexibility index (Phi) is 4.61. The van der Waals surface area contributed by atoms with Crippen LogP contribution in [0.2, 0.25) is 0 Å². The SMILES string of the molecule is COC(=O)C(O)c1cc(C(C)F)cc(F)c1OC. The molecule has 2 atom stereocenters. The minimum absolute atomic E-state index is 0.00579. The minimum Gasteiger partial charge on any atom is -0.493 e. The lowest BCUT2D eigenvalue weighted by molar-refractivity contribution is -0.150. The highest BCUT2D eigenvalue weighted by Gasteiger charge is 2.25. The average Bonchev–Trinajstić information content (AvgIpc) is 2.35. The molecular weight excluding hydrogens is 246 g/mol. The van der Waals surface area contributed by atoms with Crippen LogP contribution in [0.25, 0.3) is 0 Å². The molecule has 0 radical (unpaired) electrons. The standard InChI is InChI=1S/C12H14F2O4/c1-6(13)7-4-8(10(15)12(16)18-3)11(17-2)9(14)5-7/h4-6,10,15H,1-3H3. The van der Waals surface area contributed by atoms with Gasteiger partial charge in [0.25, 0.3) is 0 Å². The summed E-state index contributed by atoms with van der Waals surface area (Å²) < 4.78 is 35.9. The molecule has 0 bridgehead atoms. The second-order valence-corrected chi connectivity index (χ2v) is 3.67. The number of hydrogen-bond donors (Lipinski definition) is 1. The Morgan fingerprint density at radius 3 is 2.44 bits per heavy atom. The first kappa shape index (κ1) is 14.4. The van der Waals surface area contributed by atoms with Gasteiger partial charge in [0.1, 0.15) is 6.17 Å². The Morgan fingerprint density at radius 2 is 2.00 bits per heavy atom. The topological polar surface area (TPSA) is 55.8 Å². The van der Waals surface area contributed by atoms with Gasteiger partial charge in [-0.3, -0.25) is 0 Å². The molecule has 0 fully saturated rings. The fourth-order valence-electron chi connectivity index (χ4n) is 1.52. The molecule has 0 aliphatic heterocycles. The van der Waals surface area contributed by atoms with Gasteiger partial charge in [0, 0.05) is 5.56 Å². The van der Waals surface area contributed by atoms with Crippen LogP contribution in [0, 0.1) is 5.82 Å². The zero-order chi connectivity index (χ0) is 13.9. The lowest BCUT2D eigenvalue weighted by Crippen LogP contribution is -2.15. The molecule has 4 nitrogen and oxygen atoms in total. The van der Waals surface area contributed by atoms with E-state index in [-0.39, 0.29) is 16.9 Å². The van der Waals surface area contributed by atoms with E-state index in [0.29, 0.717) is 0 Å². The number of rotatable bonds is 4. The zero-order valence-electron chi connectivity index (χ0n) is 10.2. The molecule has 1 N–H and O–H groups in total. The van der Waals surface area contributed by atoms with Crippen LogP contribution in [0.3, 0.4) is 0 Å². The van der Waals surface area contributed by atoms with Crippen molar-refractivity contribution >= 4 is 5.97 Å². The van der Waals surface area contributed by atoms with E-state index in [4.69, 9.17) is 4.74 Å². The lowest BCUT2D eigenvalue weighted by Gasteiger charge is -2.15. The molecule has 6 heteroatoms. The van der Waals surface area contributed by atoms with Gasteiger partial charge in [0.15, 0.2) is 17.7 Å². The summed E-state index contributed by atoms with van der Waals surface area (Å²) in [6, 6.07) is 2.13. The molecule has 0 aromatic heterocycles. The highest BCUT2D eigenvalue weighted by Crippen LogP contribution is 2.32. The van der Waals surface area contributed by atoms with Crippen molar-refractivity contribution in [2.75, 3.05) is 14.2 Å². The summed E-state index contributed by atoms with van der Waals surface area (Å²) in [7, 11) is 2.26. The van der Waals surface area contributed by atoms with Gasteiger partial charge in [0.05, 0.1) is 14.2 Å². The molecule has 1 rings (SSSR count). The third-order valence-electron chi connectivity index (χ3n) is 2.48. The maximum absolute atomic E-state index is 13.6. The molecule has 0 aliphatic carbocycles. The molecule has 1 aromatic rings. The monoisotopic (exact) mass is 260 g/mol. The second kappa shape index (κ2) is 5.77. The zero-order valence-corrected chi connectivity index (χ0v) is 10.2. The van der Waals surface area contributed by atoms with Crippen molar-refractivity contribution in [1.82, 2.24) is 0 Å². The Labute approximate surface area is 103 Å². The Balaban J connectivity index is 3.34. The van der Waals surface area contributed by atoms with Crippen LogP contribution in [0.4, 0.5) is 8.78 Å². The van der Waals surface area contributed by atoms with Crippen LogP contribution in [-0.2, 0) is 9.53 Å². The first-order valence-corrected chi connectivity index (χ1v) is 5.19. The van der Waals surface area contributed by atoms with Crippen LogP contribution in [-0.4, -0.2) is 25.3 Å². The van der Waals surface area contributed by atoms with E-state index in [0.717, 1.165) is 13.2 Å². The van der Waals surface area contributed by atoms with E-state index in [2.05, 4.69) is 4.74 Å². The van der Waals surface area contributed by atoms with Gasteiger partial charge < -0.3 is 14.6 Å². The van der Waals surface area contributed by atoms with Gasteiger partial charge >= 0.3 is 5.97 Å². The Hall–Kier alpha value is -1.69. The maximum atomic E-state index is 13.6. The van der Waals surface area contributed by atoms with Crippen LogP contribution in [0.1, 0.15) is 30.3 Å². The number of halogens is 2. The number of ether oxygens (including phenoxy) is 2. The number of benzene rings is 1. The normalized spacial score (nSPS) is 13.9. The smallest absolute Gasteiger partial charge is 0.339 e. The van der Waals surface area contributed by atoms with Crippen molar-refractivity contribution in [2.45, 2.75) is 19.2 Å². The van der Waals surface area contributed by atoms with Crippen molar-refractivity contribution < 1.29 is 28.2 Å². The maximum Gasteiger partial charge on any atom is 0.339 e. The molecule has 0 saturated heterocycles. The molecule has 0 spiro atoms. The number of methoxy groups -OCH3 is 2. The summed E-state index contributed by atoms with van der Waals surface area (Å²) in [5.74, 6) is -2.13. The van der Waals surface area contributed by atoms with Crippen LogP contribution < -0.4 is 4.74 Å². The van der Waals surface area contributed by atoms with Crippen LogP contribution in [0.15, 0.2) is 12.1 Å². The van der Waals surface area contributed by atoms with Crippen LogP contribution >= 0.6 is 0 Å². The number of hydrogen-bond acceptors (Lipinski definition) is 4. The van der Waals surface area contributed by atoms with Gasteiger partial charge in [-0.2, -0.15) is 0 Å². The van der Waals surface area contributed by atoms with E-state index < -0.39 is 24.1 Å². The summed E-state index contributed by atoms with van der Waals surface area (Å²) in [4.78, 5) is 11.2. The highest BCUT2D eigenvalue weighted by atomic mass is 19.1. The fraction of sp³-hybridized carbons (Fsp3) is 0.417. The summed E-state index contributed by atoms with van der Waals surface area (Å²) in [5.41, 5.74) is -0.157. The molecule has 18 heavy (non-hydrogen) atoms. The lowest BCUT2D eigenvalue weighted by atomic mass is 10.0. The van der Waals surface area contributed by atoms with Crippen molar-refractivity contribution in [2.24, 2.45) is 0 Å². The number of esters is 1. The summed E-state index contributed by atoms with van der Waals surface area (Å²) in [6.45, 7) is 1.22. The number of carbonyl (C=O) groups excluding carboxylic acids is 1. The van der Waals surface area contributed by atoms with Gasteiger partial charge in [-0.25, -0.2) is 13.6 Å². The molecule has 0 amide bonds. The predicted molar refractivity (Wildman–Crippen MR) is 59.5 cm³/mol. The van der Waals surface area contributed by atoms with E-state index in [1.165, 1.54) is 20.1 Å². The first-order valence-electron chi connectivity index (χ1n) is 5.19. The van der Waals surface area contributed by atoms with E-state index in [1.807, 2.05) is 0 Å². The van der Waals surface area contributed by atoms with E-state index in [1.54, 1.807) is 0 Å². The van der Waals surface area contributed by atoms with Crippen molar-refractivity contribution in [3.8, 4) is 5.75 Å². The Morgan fingerprint density at radius 1 is 1.39 bits per heavy atom. The van der Waals surface area contributed by atoms with E-state index in [9.17, 15) is 18.7 Å². The molecule has 100 valence electrons. The summed E-state index contributed by atoms with van der Waals surface area (Å²) >= 11 is 0. The van der Waals surface area contributed by atoms with Gasteiger partial charge in [-0.15, -0.1) is 0 Å². The summed E-state index contributed by atoms with van der Waals surface area (Å²) in [5, 5.41) is 9.69. The van der Waals surface area contributed by atoms with Crippen LogP contribution in [0.5, 0.6) is 5.75 Å². The molecule has 0 saturated carbocycles. The van der Waals surface area contributed by atoms with E-state index >= 15 is 0 Å².